The smallest absolute Gasteiger partial charge is 0.182 e. The third kappa shape index (κ3) is 4.38. The third-order valence-corrected chi connectivity index (χ3v) is 5.87. The van der Waals surface area contributed by atoms with Gasteiger partial charge in [0.25, 0.3) is 0 Å². The maximum absolute atomic E-state index is 4.82. The molecular weight excluding hydrogens is 442 g/mol. The molecule has 0 aliphatic heterocycles. The van der Waals surface area contributed by atoms with Crippen LogP contribution in [0.2, 0.25) is 0 Å². The first kappa shape index (κ1) is 21.5. The summed E-state index contributed by atoms with van der Waals surface area (Å²) in [6.45, 7) is 0. The molecule has 3 aromatic heterocycles. The van der Waals surface area contributed by atoms with Gasteiger partial charge in [0.1, 0.15) is 11.4 Å². The van der Waals surface area contributed by atoms with Crippen molar-refractivity contribution in [3.63, 3.8) is 0 Å². The highest BCUT2D eigenvalue weighted by atomic mass is 15.1. The zero-order valence-corrected chi connectivity index (χ0v) is 19.4. The molecule has 5 heteroatoms. The molecule has 170 valence electrons. The monoisotopic (exact) mass is 463 g/mol. The summed E-state index contributed by atoms with van der Waals surface area (Å²) in [6, 6.07) is 38.5. The maximum Gasteiger partial charge on any atom is 0.182 e. The van der Waals surface area contributed by atoms with E-state index < -0.39 is 0 Å². The predicted molar refractivity (Wildman–Crippen MR) is 143 cm³/mol. The van der Waals surface area contributed by atoms with Crippen molar-refractivity contribution < 1.29 is 0 Å². The van der Waals surface area contributed by atoms with Gasteiger partial charge < -0.3 is 0 Å². The molecule has 3 aromatic carbocycles. The van der Waals surface area contributed by atoms with Gasteiger partial charge in [0.2, 0.25) is 0 Å². The van der Waals surface area contributed by atoms with Crippen molar-refractivity contribution in [2.45, 2.75) is 0 Å². The highest BCUT2D eigenvalue weighted by molar-refractivity contribution is 5.86. The second kappa shape index (κ2) is 9.68. The van der Waals surface area contributed by atoms with E-state index in [9.17, 15) is 0 Å². The Labute approximate surface area is 209 Å². The molecular formula is C31H21N5. The SMILES string of the molecule is c1ccc(-c2ccc(-c3nc(-c4ccccn4)nc(-c4ccccn4)n3)cc2-c2ccccc2)cc1. The fourth-order valence-corrected chi connectivity index (χ4v) is 4.13. The molecule has 36 heavy (non-hydrogen) atoms. The fourth-order valence-electron chi connectivity index (χ4n) is 4.13. The first-order valence-electron chi connectivity index (χ1n) is 11.7. The lowest BCUT2D eigenvalue weighted by Crippen LogP contribution is -2.02. The summed E-state index contributed by atoms with van der Waals surface area (Å²) in [5.74, 6) is 1.59. The van der Waals surface area contributed by atoms with Crippen LogP contribution >= 0.6 is 0 Å². The van der Waals surface area contributed by atoms with E-state index in [0.29, 0.717) is 28.9 Å². The van der Waals surface area contributed by atoms with Crippen molar-refractivity contribution in [2.24, 2.45) is 0 Å². The quantitative estimate of drug-likeness (QED) is 0.275. The van der Waals surface area contributed by atoms with Gasteiger partial charge in [-0.1, -0.05) is 84.9 Å². The molecule has 0 aliphatic rings. The van der Waals surface area contributed by atoms with Crippen LogP contribution in [0.25, 0.3) is 56.7 Å². The van der Waals surface area contributed by atoms with E-state index in [4.69, 9.17) is 15.0 Å². The summed E-state index contributed by atoms with van der Waals surface area (Å²) >= 11 is 0. The summed E-state index contributed by atoms with van der Waals surface area (Å²) in [5, 5.41) is 0. The Morgan fingerprint density at radius 2 is 0.861 bits per heavy atom. The average molecular weight is 464 g/mol. The van der Waals surface area contributed by atoms with Gasteiger partial charge in [-0.05, 0) is 52.6 Å². The molecule has 3 heterocycles. The minimum Gasteiger partial charge on any atom is -0.253 e. The molecule has 0 spiro atoms. The van der Waals surface area contributed by atoms with E-state index in [0.717, 1.165) is 27.8 Å². The van der Waals surface area contributed by atoms with Gasteiger partial charge in [0, 0.05) is 18.0 Å². The largest absolute Gasteiger partial charge is 0.253 e. The van der Waals surface area contributed by atoms with Crippen LogP contribution in [0.15, 0.2) is 128 Å². The van der Waals surface area contributed by atoms with Gasteiger partial charge in [0.15, 0.2) is 17.5 Å². The third-order valence-electron chi connectivity index (χ3n) is 5.87. The zero-order valence-electron chi connectivity index (χ0n) is 19.4. The summed E-state index contributed by atoms with van der Waals surface area (Å²) in [5.41, 5.74) is 6.80. The van der Waals surface area contributed by atoms with E-state index >= 15 is 0 Å². The van der Waals surface area contributed by atoms with E-state index in [2.05, 4.69) is 76.7 Å². The summed E-state index contributed by atoms with van der Waals surface area (Å²) in [7, 11) is 0. The number of hydrogen-bond acceptors (Lipinski definition) is 5. The van der Waals surface area contributed by atoms with E-state index in [1.165, 1.54) is 0 Å². The van der Waals surface area contributed by atoms with Crippen molar-refractivity contribution in [2.75, 3.05) is 0 Å². The van der Waals surface area contributed by atoms with Crippen LogP contribution in [0.1, 0.15) is 0 Å². The number of pyridine rings is 2. The molecule has 0 radical (unpaired) electrons. The Morgan fingerprint density at radius 3 is 1.39 bits per heavy atom. The second-order valence-corrected chi connectivity index (χ2v) is 8.23. The van der Waals surface area contributed by atoms with Crippen LogP contribution in [0, 0.1) is 0 Å². The lowest BCUT2D eigenvalue weighted by Gasteiger charge is -2.13. The standard InChI is InChI=1S/C31H21N5/c1-3-11-22(12-4-1)25-18-17-24(21-26(25)23-13-5-2-6-14-23)29-34-30(27-15-7-9-19-32-27)36-31(35-29)28-16-8-10-20-33-28/h1-21H. The van der Waals surface area contributed by atoms with Crippen LogP contribution in [-0.2, 0) is 0 Å². The highest BCUT2D eigenvalue weighted by Crippen LogP contribution is 2.35. The Balaban J connectivity index is 1.55. The van der Waals surface area contributed by atoms with E-state index in [1.54, 1.807) is 12.4 Å². The number of rotatable bonds is 5. The number of benzene rings is 3. The van der Waals surface area contributed by atoms with Crippen molar-refractivity contribution in [1.29, 1.82) is 0 Å². The van der Waals surface area contributed by atoms with Gasteiger partial charge >= 0.3 is 0 Å². The minimum absolute atomic E-state index is 0.509. The van der Waals surface area contributed by atoms with Gasteiger partial charge in [-0.2, -0.15) is 0 Å². The van der Waals surface area contributed by atoms with Crippen molar-refractivity contribution >= 4 is 0 Å². The van der Waals surface area contributed by atoms with Crippen LogP contribution in [0.4, 0.5) is 0 Å². The van der Waals surface area contributed by atoms with Crippen molar-refractivity contribution in [3.05, 3.63) is 128 Å². The Hall–Kier alpha value is -5.03. The van der Waals surface area contributed by atoms with Gasteiger partial charge in [0.05, 0.1) is 0 Å². The van der Waals surface area contributed by atoms with Crippen molar-refractivity contribution in [3.8, 4) is 56.7 Å². The number of aromatic nitrogens is 5. The summed E-state index contributed by atoms with van der Waals surface area (Å²) < 4.78 is 0. The number of nitrogens with zero attached hydrogens (tertiary/aromatic N) is 5. The maximum atomic E-state index is 4.82. The molecule has 6 aromatic rings. The molecule has 0 atom stereocenters. The normalized spacial score (nSPS) is 10.8. The highest BCUT2D eigenvalue weighted by Gasteiger charge is 2.16. The first-order chi connectivity index (χ1) is 17.8. The molecule has 6 rings (SSSR count). The molecule has 0 saturated heterocycles. The van der Waals surface area contributed by atoms with Gasteiger partial charge in [-0.25, -0.2) is 15.0 Å². The molecule has 5 nitrogen and oxygen atoms in total. The van der Waals surface area contributed by atoms with Crippen LogP contribution in [0.5, 0.6) is 0 Å². The first-order valence-corrected chi connectivity index (χ1v) is 11.7. The van der Waals surface area contributed by atoms with Crippen LogP contribution in [0.3, 0.4) is 0 Å². The molecule has 0 N–H and O–H groups in total. The van der Waals surface area contributed by atoms with Gasteiger partial charge in [-0.3, -0.25) is 9.97 Å². The van der Waals surface area contributed by atoms with E-state index in [-0.39, 0.29) is 0 Å². The predicted octanol–water partition coefficient (Wildman–Crippen LogP) is 7.00. The van der Waals surface area contributed by atoms with E-state index in [1.807, 2.05) is 48.5 Å². The fraction of sp³-hybridized carbons (Fsp3) is 0. The average Bonchev–Trinajstić information content (AvgIpc) is 2.98. The van der Waals surface area contributed by atoms with Crippen molar-refractivity contribution in [1.82, 2.24) is 24.9 Å². The lowest BCUT2D eigenvalue weighted by molar-refractivity contribution is 1.05. The summed E-state index contributed by atoms with van der Waals surface area (Å²) in [4.78, 5) is 23.3. The Morgan fingerprint density at radius 1 is 0.361 bits per heavy atom. The molecule has 0 unspecified atom stereocenters. The molecule has 0 aliphatic carbocycles. The molecule has 0 fully saturated rings. The van der Waals surface area contributed by atoms with Crippen LogP contribution < -0.4 is 0 Å². The topological polar surface area (TPSA) is 64.5 Å². The second-order valence-electron chi connectivity index (χ2n) is 8.23. The minimum atomic E-state index is 0.509. The number of hydrogen-bond donors (Lipinski definition) is 0. The van der Waals surface area contributed by atoms with Crippen LogP contribution in [-0.4, -0.2) is 24.9 Å². The zero-order chi connectivity index (χ0) is 24.2. The van der Waals surface area contributed by atoms with Gasteiger partial charge in [-0.15, -0.1) is 0 Å². The Bertz CT molecular complexity index is 1550. The molecule has 0 amide bonds. The Kier molecular flexibility index (Phi) is 5.78. The summed E-state index contributed by atoms with van der Waals surface area (Å²) in [6.07, 6.45) is 3.47. The molecule has 0 saturated carbocycles. The molecule has 0 bridgehead atoms. The lowest BCUT2D eigenvalue weighted by atomic mass is 9.92.